The Bertz CT molecular complexity index is 1120. The van der Waals surface area contributed by atoms with Gasteiger partial charge in [-0.25, -0.2) is 25.5 Å². The summed E-state index contributed by atoms with van der Waals surface area (Å²) in [4.78, 5) is 0.172. The zero-order chi connectivity index (χ0) is 23.4. The molecule has 1 fully saturated rings. The Balaban J connectivity index is 1.41. The summed E-state index contributed by atoms with van der Waals surface area (Å²) in [7, 11) is -5.50. The van der Waals surface area contributed by atoms with Gasteiger partial charge in [-0.2, -0.15) is 0 Å². The van der Waals surface area contributed by atoms with Crippen molar-refractivity contribution in [3.05, 3.63) is 59.9 Å². The molecule has 0 amide bonds. The van der Waals surface area contributed by atoms with Gasteiger partial charge in [0.2, 0.25) is 10.0 Å². The predicted octanol–water partition coefficient (Wildman–Crippen LogP) is 3.02. The third-order valence-electron chi connectivity index (χ3n) is 5.72. The van der Waals surface area contributed by atoms with Gasteiger partial charge in [0.05, 0.1) is 9.79 Å². The normalized spacial score (nSPS) is 19.5. The van der Waals surface area contributed by atoms with Crippen molar-refractivity contribution in [3.8, 4) is 0 Å². The quantitative estimate of drug-likeness (QED) is 0.505. The maximum absolute atomic E-state index is 13.4. The standard InChI is InChI=1S/C22H30FN3O4S2/c1-26(32(29,30)21-12-10-20(11-13-21)31(2,27)28)14-5-3-4-9-19-16-22(25-24-19)17-7-6-8-18(23)15-17/h6-8,10-13,15,19,22,24-25H,3-5,9,14,16H2,1-2H3. The van der Waals surface area contributed by atoms with Crippen LogP contribution in [0.4, 0.5) is 4.39 Å². The summed E-state index contributed by atoms with van der Waals surface area (Å²) in [6.45, 7) is 0.387. The summed E-state index contributed by atoms with van der Waals surface area (Å²) in [5.74, 6) is -0.238. The van der Waals surface area contributed by atoms with E-state index in [1.54, 1.807) is 12.1 Å². The molecule has 2 N–H and O–H groups in total. The number of unbranched alkanes of at least 4 members (excludes halogenated alkanes) is 2. The minimum atomic E-state index is -3.66. The van der Waals surface area contributed by atoms with Gasteiger partial charge in [0.25, 0.3) is 0 Å². The molecule has 1 heterocycles. The Kier molecular flexibility index (Phi) is 8.05. The number of halogens is 1. The molecule has 2 aromatic rings. The van der Waals surface area contributed by atoms with Gasteiger partial charge in [0.1, 0.15) is 5.82 Å². The first-order valence-electron chi connectivity index (χ1n) is 10.6. The third kappa shape index (κ3) is 6.35. The van der Waals surface area contributed by atoms with Crippen molar-refractivity contribution < 1.29 is 21.2 Å². The van der Waals surface area contributed by atoms with E-state index in [0.717, 1.165) is 43.9 Å². The molecule has 10 heteroatoms. The van der Waals surface area contributed by atoms with E-state index in [1.807, 2.05) is 6.07 Å². The Morgan fingerprint density at radius 3 is 2.31 bits per heavy atom. The number of rotatable bonds is 10. The Labute approximate surface area is 190 Å². The summed E-state index contributed by atoms with van der Waals surface area (Å²) in [6.07, 6.45) is 5.47. The zero-order valence-electron chi connectivity index (χ0n) is 18.3. The molecule has 3 rings (SSSR count). The topological polar surface area (TPSA) is 95.6 Å². The smallest absolute Gasteiger partial charge is 0.242 e. The minimum Gasteiger partial charge on any atom is -0.254 e. The summed E-state index contributed by atoms with van der Waals surface area (Å²) in [6, 6.07) is 12.3. The van der Waals surface area contributed by atoms with Crippen molar-refractivity contribution >= 4 is 19.9 Å². The number of nitrogens with zero attached hydrogens (tertiary/aromatic N) is 1. The highest BCUT2D eigenvalue weighted by Crippen LogP contribution is 2.25. The van der Waals surface area contributed by atoms with Gasteiger partial charge in [-0.15, -0.1) is 0 Å². The second kappa shape index (κ2) is 10.4. The molecule has 0 bridgehead atoms. The van der Waals surface area contributed by atoms with Gasteiger partial charge in [-0.3, -0.25) is 10.9 Å². The van der Waals surface area contributed by atoms with Gasteiger partial charge in [0, 0.05) is 31.9 Å². The van der Waals surface area contributed by atoms with Crippen LogP contribution in [0.3, 0.4) is 0 Å². The van der Waals surface area contributed by atoms with Crippen LogP contribution in [0.25, 0.3) is 0 Å². The molecule has 2 atom stereocenters. The highest BCUT2D eigenvalue weighted by Gasteiger charge is 2.25. The molecule has 1 aliphatic rings. The molecule has 0 saturated carbocycles. The molecular weight excluding hydrogens is 453 g/mol. The molecule has 1 saturated heterocycles. The number of hydrogen-bond donors (Lipinski definition) is 2. The van der Waals surface area contributed by atoms with E-state index in [0.29, 0.717) is 6.54 Å². The third-order valence-corrected chi connectivity index (χ3v) is 8.72. The molecule has 0 spiro atoms. The van der Waals surface area contributed by atoms with Crippen molar-refractivity contribution in [1.82, 2.24) is 15.2 Å². The van der Waals surface area contributed by atoms with E-state index in [2.05, 4.69) is 10.9 Å². The largest absolute Gasteiger partial charge is 0.254 e. The monoisotopic (exact) mass is 483 g/mol. The summed E-state index contributed by atoms with van der Waals surface area (Å²) < 4.78 is 63.2. The van der Waals surface area contributed by atoms with E-state index in [9.17, 15) is 21.2 Å². The summed E-state index contributed by atoms with van der Waals surface area (Å²) in [5, 5.41) is 0. The van der Waals surface area contributed by atoms with Crippen LogP contribution in [0.5, 0.6) is 0 Å². The number of benzene rings is 2. The lowest BCUT2D eigenvalue weighted by Crippen LogP contribution is -2.31. The van der Waals surface area contributed by atoms with Crippen LogP contribution < -0.4 is 10.9 Å². The zero-order valence-corrected chi connectivity index (χ0v) is 19.9. The minimum absolute atomic E-state index is 0.0806. The van der Waals surface area contributed by atoms with Crippen molar-refractivity contribution in [2.24, 2.45) is 0 Å². The lowest BCUT2D eigenvalue weighted by atomic mass is 9.99. The fourth-order valence-corrected chi connectivity index (χ4v) is 5.65. The number of sulfonamides is 1. The Morgan fingerprint density at radius 1 is 0.969 bits per heavy atom. The number of hydrogen-bond acceptors (Lipinski definition) is 6. The molecule has 0 radical (unpaired) electrons. The van der Waals surface area contributed by atoms with Crippen LogP contribution in [0.15, 0.2) is 58.3 Å². The first-order valence-corrected chi connectivity index (χ1v) is 13.9. The molecule has 2 unspecified atom stereocenters. The second-order valence-corrected chi connectivity index (χ2v) is 12.3. The predicted molar refractivity (Wildman–Crippen MR) is 122 cm³/mol. The van der Waals surface area contributed by atoms with Gasteiger partial charge in [0.15, 0.2) is 9.84 Å². The summed E-state index contributed by atoms with van der Waals surface area (Å²) >= 11 is 0. The van der Waals surface area contributed by atoms with Crippen molar-refractivity contribution in [3.63, 3.8) is 0 Å². The fourth-order valence-electron chi connectivity index (χ4n) is 3.81. The van der Waals surface area contributed by atoms with Crippen LogP contribution >= 0.6 is 0 Å². The average molecular weight is 484 g/mol. The van der Waals surface area contributed by atoms with E-state index in [4.69, 9.17) is 0 Å². The van der Waals surface area contributed by atoms with Gasteiger partial charge >= 0.3 is 0 Å². The number of hydrazine groups is 1. The van der Waals surface area contributed by atoms with Crippen LogP contribution in [-0.2, 0) is 19.9 Å². The molecule has 7 nitrogen and oxygen atoms in total. The average Bonchev–Trinajstić information content (AvgIpc) is 3.22. The molecule has 2 aromatic carbocycles. The van der Waals surface area contributed by atoms with E-state index in [-0.39, 0.29) is 27.7 Å². The van der Waals surface area contributed by atoms with Gasteiger partial charge < -0.3 is 0 Å². The van der Waals surface area contributed by atoms with E-state index in [1.165, 1.54) is 41.7 Å². The van der Waals surface area contributed by atoms with E-state index >= 15 is 0 Å². The number of sulfone groups is 1. The van der Waals surface area contributed by atoms with Crippen molar-refractivity contribution in [2.75, 3.05) is 19.8 Å². The van der Waals surface area contributed by atoms with Crippen LogP contribution in [0, 0.1) is 5.82 Å². The first-order chi connectivity index (χ1) is 15.1. The molecule has 0 aromatic heterocycles. The van der Waals surface area contributed by atoms with Crippen LogP contribution in [0.1, 0.15) is 43.7 Å². The van der Waals surface area contributed by atoms with Gasteiger partial charge in [-0.1, -0.05) is 25.0 Å². The number of nitrogens with one attached hydrogen (secondary N) is 2. The SMILES string of the molecule is CN(CCCCCC1CC(c2cccc(F)c2)NN1)S(=O)(=O)c1ccc(S(C)(=O)=O)cc1. The molecule has 176 valence electrons. The summed E-state index contributed by atoms with van der Waals surface area (Å²) in [5.41, 5.74) is 7.41. The van der Waals surface area contributed by atoms with E-state index < -0.39 is 19.9 Å². The Hall–Kier alpha value is -1.85. The Morgan fingerprint density at radius 2 is 1.66 bits per heavy atom. The van der Waals surface area contributed by atoms with Crippen molar-refractivity contribution in [2.45, 2.75) is 54.0 Å². The fraction of sp³-hybridized carbons (Fsp3) is 0.455. The maximum atomic E-state index is 13.4. The molecule has 32 heavy (non-hydrogen) atoms. The van der Waals surface area contributed by atoms with Crippen LogP contribution in [-0.4, -0.2) is 47.0 Å². The van der Waals surface area contributed by atoms with Crippen molar-refractivity contribution in [1.29, 1.82) is 0 Å². The van der Waals surface area contributed by atoms with Crippen LogP contribution in [0.2, 0.25) is 0 Å². The highest BCUT2D eigenvalue weighted by atomic mass is 32.2. The lowest BCUT2D eigenvalue weighted by molar-refractivity contribution is 0.438. The molecule has 0 aliphatic carbocycles. The van der Waals surface area contributed by atoms with Gasteiger partial charge in [-0.05, 0) is 61.2 Å². The second-order valence-electron chi connectivity index (χ2n) is 8.25. The maximum Gasteiger partial charge on any atom is 0.242 e. The molecular formula is C22H30FN3O4S2. The molecule has 1 aliphatic heterocycles. The first kappa shape index (κ1) is 24.8. The highest BCUT2D eigenvalue weighted by molar-refractivity contribution is 7.90. The lowest BCUT2D eigenvalue weighted by Gasteiger charge is -2.17.